The van der Waals surface area contributed by atoms with Gasteiger partial charge in [0.1, 0.15) is 6.04 Å². The van der Waals surface area contributed by atoms with E-state index in [4.69, 9.17) is 4.74 Å². The molecule has 7 heteroatoms. The standard InChI is InChI=1S/C23H22N2O5/c1-13-8-11-17-18(12-13)22(28)25(21(17)27)14(2)23(29)30-19(15-6-4-3-5-7-15)20(26)24-16-9-10-16/h3-8,11-12,14,16,19H,9-10H2,1-2H3,(H,24,26). The normalized spacial score (nSPS) is 17.3. The Kier molecular flexibility index (Phi) is 5.11. The van der Waals surface area contributed by atoms with Crippen LogP contribution in [0.5, 0.6) is 0 Å². The molecule has 1 heterocycles. The van der Waals surface area contributed by atoms with Crippen molar-refractivity contribution in [2.75, 3.05) is 0 Å². The van der Waals surface area contributed by atoms with Crippen LogP contribution in [-0.4, -0.2) is 40.7 Å². The third-order valence-electron chi connectivity index (χ3n) is 5.30. The van der Waals surface area contributed by atoms with Crippen molar-refractivity contribution in [1.29, 1.82) is 0 Å². The number of carbonyl (C=O) groups is 4. The zero-order chi connectivity index (χ0) is 21.4. The molecule has 30 heavy (non-hydrogen) atoms. The van der Waals surface area contributed by atoms with Crippen LogP contribution in [0.15, 0.2) is 48.5 Å². The monoisotopic (exact) mass is 406 g/mol. The van der Waals surface area contributed by atoms with Gasteiger partial charge >= 0.3 is 5.97 Å². The van der Waals surface area contributed by atoms with Gasteiger partial charge in [-0.25, -0.2) is 4.79 Å². The summed E-state index contributed by atoms with van der Waals surface area (Å²) in [6.07, 6.45) is 0.636. The number of amides is 3. The Bertz CT molecular complexity index is 1030. The number of nitrogens with zero attached hydrogens (tertiary/aromatic N) is 1. The number of ether oxygens (including phenoxy) is 1. The number of imide groups is 1. The molecule has 0 aromatic heterocycles. The first-order valence-corrected chi connectivity index (χ1v) is 9.91. The fourth-order valence-corrected chi connectivity index (χ4v) is 3.45. The van der Waals surface area contributed by atoms with Gasteiger partial charge in [-0.1, -0.05) is 42.0 Å². The van der Waals surface area contributed by atoms with E-state index in [0.717, 1.165) is 23.3 Å². The van der Waals surface area contributed by atoms with Crippen LogP contribution in [0, 0.1) is 6.92 Å². The molecule has 1 saturated carbocycles. The lowest BCUT2D eigenvalue weighted by atomic mass is 10.1. The van der Waals surface area contributed by atoms with Crippen LogP contribution in [0.2, 0.25) is 0 Å². The molecule has 154 valence electrons. The molecule has 4 rings (SSSR count). The van der Waals surface area contributed by atoms with Crippen LogP contribution in [-0.2, 0) is 14.3 Å². The molecule has 3 amide bonds. The number of esters is 1. The second kappa shape index (κ2) is 7.74. The summed E-state index contributed by atoms with van der Waals surface area (Å²) in [6.45, 7) is 3.25. The number of benzene rings is 2. The Balaban J connectivity index is 1.54. The average molecular weight is 406 g/mol. The van der Waals surface area contributed by atoms with Crippen molar-refractivity contribution in [2.45, 2.75) is 44.9 Å². The number of fused-ring (bicyclic) bond motifs is 1. The molecular weight excluding hydrogens is 384 g/mol. The van der Waals surface area contributed by atoms with Crippen molar-refractivity contribution in [3.05, 3.63) is 70.8 Å². The van der Waals surface area contributed by atoms with Gasteiger partial charge in [0, 0.05) is 11.6 Å². The third-order valence-corrected chi connectivity index (χ3v) is 5.30. The number of hydrogen-bond acceptors (Lipinski definition) is 5. The minimum absolute atomic E-state index is 0.0966. The molecule has 1 N–H and O–H groups in total. The summed E-state index contributed by atoms with van der Waals surface area (Å²) in [7, 11) is 0. The van der Waals surface area contributed by atoms with Gasteiger partial charge in [-0.15, -0.1) is 0 Å². The zero-order valence-electron chi connectivity index (χ0n) is 16.8. The number of hydrogen-bond donors (Lipinski definition) is 1. The van der Waals surface area contributed by atoms with Crippen LogP contribution in [0.25, 0.3) is 0 Å². The number of nitrogens with one attached hydrogen (secondary N) is 1. The summed E-state index contributed by atoms with van der Waals surface area (Å²) in [5.41, 5.74) is 1.89. The average Bonchev–Trinajstić information content (AvgIpc) is 3.51. The predicted molar refractivity (Wildman–Crippen MR) is 108 cm³/mol. The van der Waals surface area contributed by atoms with E-state index in [9.17, 15) is 19.2 Å². The van der Waals surface area contributed by atoms with Gasteiger partial charge in [-0.05, 0) is 38.8 Å². The fourth-order valence-electron chi connectivity index (χ4n) is 3.45. The smallest absolute Gasteiger partial charge is 0.330 e. The molecule has 0 spiro atoms. The molecule has 2 aliphatic rings. The number of aryl methyl sites for hydroxylation is 1. The van der Waals surface area contributed by atoms with Crippen LogP contribution >= 0.6 is 0 Å². The molecule has 1 fully saturated rings. The van der Waals surface area contributed by atoms with Gasteiger partial charge in [0.2, 0.25) is 6.10 Å². The topological polar surface area (TPSA) is 92.8 Å². The molecule has 0 saturated heterocycles. The van der Waals surface area contributed by atoms with E-state index < -0.39 is 35.8 Å². The van der Waals surface area contributed by atoms with Gasteiger partial charge in [-0.3, -0.25) is 19.3 Å². The second-order valence-electron chi connectivity index (χ2n) is 7.72. The Hall–Kier alpha value is -3.48. The maximum Gasteiger partial charge on any atom is 0.330 e. The van der Waals surface area contributed by atoms with E-state index in [2.05, 4.69) is 5.32 Å². The largest absolute Gasteiger partial charge is 0.446 e. The summed E-state index contributed by atoms with van der Waals surface area (Å²) in [5.74, 6) is -2.32. The van der Waals surface area contributed by atoms with Crippen molar-refractivity contribution in [3.63, 3.8) is 0 Å². The summed E-state index contributed by atoms with van der Waals surface area (Å²) < 4.78 is 5.52. The molecule has 1 aliphatic carbocycles. The van der Waals surface area contributed by atoms with E-state index in [1.807, 2.05) is 6.92 Å². The third kappa shape index (κ3) is 3.70. The van der Waals surface area contributed by atoms with E-state index in [-0.39, 0.29) is 17.2 Å². The first-order chi connectivity index (χ1) is 14.4. The second-order valence-corrected chi connectivity index (χ2v) is 7.72. The van der Waals surface area contributed by atoms with Crippen LogP contribution in [0.3, 0.4) is 0 Å². The zero-order valence-corrected chi connectivity index (χ0v) is 16.8. The van der Waals surface area contributed by atoms with Crippen molar-refractivity contribution in [2.24, 2.45) is 0 Å². The van der Waals surface area contributed by atoms with E-state index in [1.54, 1.807) is 48.5 Å². The molecular formula is C23H22N2O5. The predicted octanol–water partition coefficient (Wildman–Crippen LogP) is 2.54. The molecule has 2 aromatic carbocycles. The lowest BCUT2D eigenvalue weighted by molar-refractivity contribution is -0.159. The lowest BCUT2D eigenvalue weighted by Crippen LogP contribution is -2.45. The molecule has 2 atom stereocenters. The Morgan fingerprint density at radius 2 is 1.70 bits per heavy atom. The molecule has 1 aliphatic heterocycles. The first-order valence-electron chi connectivity index (χ1n) is 9.91. The molecule has 2 unspecified atom stereocenters. The molecule has 7 nitrogen and oxygen atoms in total. The molecule has 2 aromatic rings. The first kappa shape index (κ1) is 19.8. The highest BCUT2D eigenvalue weighted by Crippen LogP contribution is 2.28. The van der Waals surface area contributed by atoms with Crippen molar-refractivity contribution >= 4 is 23.7 Å². The summed E-state index contributed by atoms with van der Waals surface area (Å²) >= 11 is 0. The van der Waals surface area contributed by atoms with Gasteiger partial charge in [0.15, 0.2) is 0 Å². The number of carbonyl (C=O) groups excluding carboxylic acids is 4. The summed E-state index contributed by atoms with van der Waals surface area (Å²) in [6, 6.07) is 12.6. The maximum absolute atomic E-state index is 12.9. The van der Waals surface area contributed by atoms with E-state index in [0.29, 0.717) is 5.56 Å². The lowest BCUT2D eigenvalue weighted by Gasteiger charge is -2.24. The number of rotatable bonds is 6. The Morgan fingerprint density at radius 3 is 2.37 bits per heavy atom. The summed E-state index contributed by atoms with van der Waals surface area (Å²) in [4.78, 5) is 52.0. The SMILES string of the molecule is Cc1ccc2c(c1)C(=O)N(C(C)C(=O)OC(C(=O)NC1CC1)c1ccccc1)C2=O. The van der Waals surface area contributed by atoms with Crippen molar-refractivity contribution in [3.8, 4) is 0 Å². The molecule has 0 radical (unpaired) electrons. The van der Waals surface area contributed by atoms with Gasteiger partial charge < -0.3 is 10.1 Å². The van der Waals surface area contributed by atoms with Crippen LogP contribution in [0.4, 0.5) is 0 Å². The van der Waals surface area contributed by atoms with Crippen molar-refractivity contribution in [1.82, 2.24) is 10.2 Å². The van der Waals surface area contributed by atoms with Gasteiger partial charge in [0.05, 0.1) is 11.1 Å². The minimum Gasteiger partial charge on any atom is -0.446 e. The van der Waals surface area contributed by atoms with E-state index >= 15 is 0 Å². The van der Waals surface area contributed by atoms with Crippen LogP contribution in [0.1, 0.15) is 57.7 Å². The highest BCUT2D eigenvalue weighted by Gasteiger charge is 2.42. The Morgan fingerprint density at radius 1 is 1.03 bits per heavy atom. The van der Waals surface area contributed by atoms with Crippen LogP contribution < -0.4 is 5.32 Å². The maximum atomic E-state index is 12.9. The quantitative estimate of drug-likeness (QED) is 0.588. The minimum atomic E-state index is -1.17. The fraction of sp³-hybridized carbons (Fsp3) is 0.304. The molecule has 0 bridgehead atoms. The highest BCUT2D eigenvalue weighted by atomic mass is 16.5. The van der Waals surface area contributed by atoms with Gasteiger partial charge in [0.25, 0.3) is 17.7 Å². The Labute approximate surface area is 174 Å². The van der Waals surface area contributed by atoms with E-state index in [1.165, 1.54) is 6.92 Å². The van der Waals surface area contributed by atoms with Gasteiger partial charge in [-0.2, -0.15) is 0 Å². The summed E-state index contributed by atoms with van der Waals surface area (Å²) in [5, 5.41) is 2.84. The van der Waals surface area contributed by atoms with Crippen molar-refractivity contribution < 1.29 is 23.9 Å². The highest BCUT2D eigenvalue weighted by molar-refractivity contribution is 6.22.